The summed E-state index contributed by atoms with van der Waals surface area (Å²) < 4.78 is 25.5. The van der Waals surface area contributed by atoms with Gasteiger partial charge in [-0.1, -0.05) is 12.2 Å². The molecule has 2 aliphatic rings. The fourth-order valence-electron chi connectivity index (χ4n) is 1.98. The summed E-state index contributed by atoms with van der Waals surface area (Å²) in [6, 6.07) is 0. The normalized spacial score (nSPS) is 28.9. The number of hydrogen-bond acceptors (Lipinski definition) is 3. The molecule has 1 unspecified atom stereocenters. The van der Waals surface area contributed by atoms with Crippen molar-refractivity contribution in [2.75, 3.05) is 13.1 Å². The van der Waals surface area contributed by atoms with Gasteiger partial charge in [-0.3, -0.25) is 0 Å². The first kappa shape index (κ1) is 11.3. The van der Waals surface area contributed by atoms with E-state index in [4.69, 9.17) is 18.0 Å². The van der Waals surface area contributed by atoms with Gasteiger partial charge in [0.05, 0.1) is 10.2 Å². The Hall–Kier alpha value is -0.200. The molecule has 1 saturated carbocycles. The highest BCUT2D eigenvalue weighted by atomic mass is 32.2. The molecule has 4 nitrogen and oxygen atoms in total. The number of thiocarbonyl (C=S) groups is 1. The zero-order valence-electron chi connectivity index (χ0n) is 8.55. The molecular formula is C9H16N2O2S2. The summed E-state index contributed by atoms with van der Waals surface area (Å²) in [5.41, 5.74) is 5.57. The first-order chi connectivity index (χ1) is 7.01. The molecule has 0 amide bonds. The minimum atomic E-state index is -3.04. The summed E-state index contributed by atoms with van der Waals surface area (Å²) in [6.45, 7) is 1.13. The van der Waals surface area contributed by atoms with Crippen LogP contribution in [0.2, 0.25) is 0 Å². The fourth-order valence-corrected chi connectivity index (χ4v) is 4.10. The molecule has 15 heavy (non-hydrogen) atoms. The Morgan fingerprint density at radius 2 is 2.00 bits per heavy atom. The summed E-state index contributed by atoms with van der Waals surface area (Å²) in [4.78, 5) is 0.450. The van der Waals surface area contributed by atoms with Gasteiger partial charge in [-0.2, -0.15) is 0 Å². The van der Waals surface area contributed by atoms with Crippen LogP contribution in [-0.2, 0) is 10.0 Å². The van der Waals surface area contributed by atoms with E-state index in [0.29, 0.717) is 18.1 Å². The highest BCUT2D eigenvalue weighted by Crippen LogP contribution is 2.33. The summed E-state index contributed by atoms with van der Waals surface area (Å²) in [5.74, 6) is 0.0716. The van der Waals surface area contributed by atoms with E-state index < -0.39 is 10.0 Å². The zero-order chi connectivity index (χ0) is 11.1. The summed E-state index contributed by atoms with van der Waals surface area (Å²) >= 11 is 4.93. The number of nitrogens with two attached hydrogens (primary N) is 1. The van der Waals surface area contributed by atoms with Crippen LogP contribution in [0, 0.1) is 5.92 Å². The predicted molar refractivity (Wildman–Crippen MR) is 63.0 cm³/mol. The van der Waals surface area contributed by atoms with E-state index in [1.807, 2.05) is 0 Å². The van der Waals surface area contributed by atoms with Crippen molar-refractivity contribution in [3.05, 3.63) is 0 Å². The second-order valence-electron chi connectivity index (χ2n) is 4.34. The van der Waals surface area contributed by atoms with Gasteiger partial charge >= 0.3 is 0 Å². The molecule has 0 bridgehead atoms. The molecule has 1 saturated heterocycles. The minimum Gasteiger partial charge on any atom is -0.393 e. The van der Waals surface area contributed by atoms with Crippen LogP contribution >= 0.6 is 12.2 Å². The van der Waals surface area contributed by atoms with Gasteiger partial charge in [0.15, 0.2) is 0 Å². The van der Waals surface area contributed by atoms with E-state index in [1.165, 1.54) is 0 Å². The highest BCUT2D eigenvalue weighted by molar-refractivity contribution is 7.90. The molecule has 2 fully saturated rings. The van der Waals surface area contributed by atoms with Crippen molar-refractivity contribution in [3.8, 4) is 0 Å². The van der Waals surface area contributed by atoms with Crippen molar-refractivity contribution in [3.63, 3.8) is 0 Å². The maximum Gasteiger partial charge on any atom is 0.217 e. The van der Waals surface area contributed by atoms with Gasteiger partial charge in [-0.05, 0) is 25.7 Å². The Kier molecular flexibility index (Phi) is 3.00. The lowest BCUT2D eigenvalue weighted by Gasteiger charge is -2.31. The lowest BCUT2D eigenvalue weighted by atomic mass is 10.0. The van der Waals surface area contributed by atoms with Crippen LogP contribution in [0.4, 0.5) is 0 Å². The highest BCUT2D eigenvalue weighted by Gasteiger charge is 2.41. The van der Waals surface area contributed by atoms with Crippen molar-refractivity contribution >= 4 is 27.2 Å². The second-order valence-corrected chi connectivity index (χ2v) is 7.03. The van der Waals surface area contributed by atoms with E-state index in [1.54, 1.807) is 4.31 Å². The molecule has 1 heterocycles. The number of rotatable bonds is 3. The van der Waals surface area contributed by atoms with Crippen molar-refractivity contribution in [1.82, 2.24) is 4.31 Å². The number of hydrogen-bond donors (Lipinski definition) is 1. The van der Waals surface area contributed by atoms with Crippen LogP contribution in [0.25, 0.3) is 0 Å². The average Bonchev–Trinajstić information content (AvgIpc) is 3.01. The molecule has 0 radical (unpaired) electrons. The molecule has 6 heteroatoms. The molecule has 0 aromatic carbocycles. The summed E-state index contributed by atoms with van der Waals surface area (Å²) in [7, 11) is -3.04. The molecule has 1 aliphatic carbocycles. The third-order valence-corrected chi connectivity index (χ3v) is 5.79. The summed E-state index contributed by atoms with van der Waals surface area (Å²) in [5, 5.41) is -0.123. The van der Waals surface area contributed by atoms with E-state index >= 15 is 0 Å². The predicted octanol–water partition coefficient (Wildman–Crippen LogP) is 0.477. The molecule has 2 rings (SSSR count). The molecule has 0 spiro atoms. The quantitative estimate of drug-likeness (QED) is 0.738. The Balaban J connectivity index is 2.07. The molecule has 1 atom stereocenters. The second kappa shape index (κ2) is 3.99. The molecule has 1 aliphatic heterocycles. The standard InChI is InChI=1S/C9H16N2O2S2/c10-9(14)7-2-1-5-11(6-7)15(12,13)8-3-4-8/h7-8H,1-6H2,(H2,10,14). The Morgan fingerprint density at radius 1 is 1.33 bits per heavy atom. The van der Waals surface area contributed by atoms with Crippen LogP contribution in [0.1, 0.15) is 25.7 Å². The maximum absolute atomic E-state index is 12.0. The molecule has 0 aromatic rings. The lowest BCUT2D eigenvalue weighted by Crippen LogP contribution is -2.44. The summed E-state index contributed by atoms with van der Waals surface area (Å²) in [6.07, 6.45) is 3.42. The van der Waals surface area contributed by atoms with E-state index in [9.17, 15) is 8.42 Å². The number of nitrogens with zero attached hydrogens (tertiary/aromatic N) is 1. The first-order valence-electron chi connectivity index (χ1n) is 5.30. The van der Waals surface area contributed by atoms with Gasteiger partial charge in [-0.15, -0.1) is 0 Å². The average molecular weight is 248 g/mol. The van der Waals surface area contributed by atoms with Gasteiger partial charge in [0.25, 0.3) is 0 Å². The molecule has 0 aromatic heterocycles. The fraction of sp³-hybridized carbons (Fsp3) is 0.889. The van der Waals surface area contributed by atoms with Crippen molar-refractivity contribution in [2.24, 2.45) is 11.7 Å². The molecule has 2 N–H and O–H groups in total. The van der Waals surface area contributed by atoms with Gasteiger partial charge in [-0.25, -0.2) is 12.7 Å². The van der Waals surface area contributed by atoms with Crippen molar-refractivity contribution < 1.29 is 8.42 Å². The lowest BCUT2D eigenvalue weighted by molar-refractivity contribution is 0.312. The Morgan fingerprint density at radius 3 is 2.53 bits per heavy atom. The van der Waals surface area contributed by atoms with E-state index in [2.05, 4.69) is 0 Å². The largest absolute Gasteiger partial charge is 0.393 e. The van der Waals surface area contributed by atoms with Gasteiger partial charge in [0, 0.05) is 19.0 Å². The van der Waals surface area contributed by atoms with Crippen LogP contribution in [0.3, 0.4) is 0 Å². The number of piperidine rings is 1. The third-order valence-electron chi connectivity index (χ3n) is 3.09. The van der Waals surface area contributed by atoms with Crippen LogP contribution in [0.5, 0.6) is 0 Å². The topological polar surface area (TPSA) is 63.4 Å². The first-order valence-corrected chi connectivity index (χ1v) is 7.21. The number of sulfonamides is 1. The smallest absolute Gasteiger partial charge is 0.217 e. The third kappa shape index (κ3) is 2.32. The van der Waals surface area contributed by atoms with Gasteiger partial charge in [0.2, 0.25) is 10.0 Å². The van der Waals surface area contributed by atoms with E-state index in [0.717, 1.165) is 25.7 Å². The molecule has 86 valence electrons. The van der Waals surface area contributed by atoms with Gasteiger partial charge < -0.3 is 5.73 Å². The van der Waals surface area contributed by atoms with Crippen LogP contribution < -0.4 is 5.73 Å². The van der Waals surface area contributed by atoms with E-state index in [-0.39, 0.29) is 11.2 Å². The van der Waals surface area contributed by atoms with Crippen LogP contribution in [-0.4, -0.2) is 36.1 Å². The minimum absolute atomic E-state index is 0.0716. The van der Waals surface area contributed by atoms with Gasteiger partial charge in [0.1, 0.15) is 0 Å². The zero-order valence-corrected chi connectivity index (χ0v) is 10.2. The monoisotopic (exact) mass is 248 g/mol. The molecular weight excluding hydrogens is 232 g/mol. The Labute approximate surface area is 95.9 Å². The Bertz CT molecular complexity index is 362. The van der Waals surface area contributed by atoms with Crippen molar-refractivity contribution in [2.45, 2.75) is 30.9 Å². The van der Waals surface area contributed by atoms with Crippen LogP contribution in [0.15, 0.2) is 0 Å². The van der Waals surface area contributed by atoms with Crippen molar-refractivity contribution in [1.29, 1.82) is 0 Å². The maximum atomic E-state index is 12.0. The SMILES string of the molecule is NC(=S)C1CCCN(S(=O)(=O)C2CC2)C1.